The van der Waals surface area contributed by atoms with Gasteiger partial charge in [-0.3, -0.25) is 4.72 Å². The van der Waals surface area contributed by atoms with Crippen LogP contribution in [0, 0.1) is 0 Å². The van der Waals surface area contributed by atoms with Gasteiger partial charge in [0.15, 0.2) is 0 Å². The standard InChI is InChI=1S/C12H13N3O4S/c1-19-11(16)10-4-2-3-9(7-10)8-20(17,18)15-12-13-5-6-14-12/h2-7H,8H2,1H3,(H2,13,14,15). The molecule has 20 heavy (non-hydrogen) atoms. The molecule has 1 aromatic carbocycles. The van der Waals surface area contributed by atoms with Gasteiger partial charge in [0.05, 0.1) is 18.4 Å². The maximum absolute atomic E-state index is 11.9. The minimum Gasteiger partial charge on any atom is -0.465 e. The van der Waals surface area contributed by atoms with E-state index in [0.717, 1.165) is 0 Å². The molecule has 1 heterocycles. The van der Waals surface area contributed by atoms with Crippen LogP contribution in [0.25, 0.3) is 0 Å². The van der Waals surface area contributed by atoms with E-state index < -0.39 is 16.0 Å². The lowest BCUT2D eigenvalue weighted by molar-refractivity contribution is 0.0600. The number of imidazole rings is 1. The molecular weight excluding hydrogens is 282 g/mol. The predicted molar refractivity (Wildman–Crippen MR) is 72.6 cm³/mol. The van der Waals surface area contributed by atoms with Crippen LogP contribution in [0.15, 0.2) is 36.7 Å². The molecule has 0 aliphatic rings. The predicted octanol–water partition coefficient (Wildman–Crippen LogP) is 1.14. The fraction of sp³-hybridized carbons (Fsp3) is 0.167. The number of nitrogens with one attached hydrogen (secondary N) is 2. The first-order chi connectivity index (χ1) is 9.50. The number of carbonyl (C=O) groups excluding carboxylic acids is 1. The fourth-order valence-electron chi connectivity index (χ4n) is 1.63. The van der Waals surface area contributed by atoms with Crippen LogP contribution in [0.1, 0.15) is 15.9 Å². The number of carbonyl (C=O) groups is 1. The number of esters is 1. The number of rotatable bonds is 5. The number of aromatic amines is 1. The maximum Gasteiger partial charge on any atom is 0.337 e. The van der Waals surface area contributed by atoms with Crippen LogP contribution in [0.3, 0.4) is 0 Å². The highest BCUT2D eigenvalue weighted by atomic mass is 32.2. The number of aromatic nitrogens is 2. The van der Waals surface area contributed by atoms with Gasteiger partial charge >= 0.3 is 5.97 Å². The summed E-state index contributed by atoms with van der Waals surface area (Å²) in [5.41, 5.74) is 0.783. The molecule has 0 amide bonds. The number of sulfonamides is 1. The number of hydrogen-bond acceptors (Lipinski definition) is 5. The van der Waals surface area contributed by atoms with Gasteiger partial charge in [-0.2, -0.15) is 0 Å². The minimum absolute atomic E-state index is 0.147. The van der Waals surface area contributed by atoms with Crippen LogP contribution >= 0.6 is 0 Å². The summed E-state index contributed by atoms with van der Waals surface area (Å²) in [6.45, 7) is 0. The second kappa shape index (κ2) is 5.74. The van der Waals surface area contributed by atoms with Crippen LogP contribution in [0.5, 0.6) is 0 Å². The van der Waals surface area contributed by atoms with Crippen molar-refractivity contribution in [2.45, 2.75) is 5.75 Å². The molecule has 0 unspecified atom stereocenters. The van der Waals surface area contributed by atoms with Crippen LogP contribution in [0.2, 0.25) is 0 Å². The van der Waals surface area contributed by atoms with E-state index >= 15 is 0 Å². The Morgan fingerprint density at radius 2 is 2.25 bits per heavy atom. The molecule has 2 aromatic rings. The lowest BCUT2D eigenvalue weighted by Crippen LogP contribution is -2.16. The highest BCUT2D eigenvalue weighted by molar-refractivity contribution is 7.91. The van der Waals surface area contributed by atoms with Crippen molar-refractivity contribution in [3.8, 4) is 0 Å². The molecule has 7 nitrogen and oxygen atoms in total. The van der Waals surface area contributed by atoms with Gasteiger partial charge in [0.1, 0.15) is 0 Å². The first-order valence-corrected chi connectivity index (χ1v) is 7.32. The fourth-order valence-corrected chi connectivity index (χ4v) is 2.73. The van der Waals surface area contributed by atoms with Crippen molar-refractivity contribution in [3.05, 3.63) is 47.8 Å². The lowest BCUT2D eigenvalue weighted by Gasteiger charge is -2.06. The Kier molecular flexibility index (Phi) is 4.04. The van der Waals surface area contributed by atoms with Gasteiger partial charge in [0.25, 0.3) is 0 Å². The molecule has 1 aromatic heterocycles. The average molecular weight is 295 g/mol. The van der Waals surface area contributed by atoms with Gasteiger partial charge in [-0.1, -0.05) is 12.1 Å². The third-order valence-electron chi connectivity index (χ3n) is 2.46. The smallest absolute Gasteiger partial charge is 0.337 e. The number of nitrogens with zero attached hydrogens (tertiary/aromatic N) is 1. The highest BCUT2D eigenvalue weighted by Crippen LogP contribution is 2.11. The number of ether oxygens (including phenoxy) is 1. The zero-order chi connectivity index (χ0) is 14.6. The Balaban J connectivity index is 2.15. The first kappa shape index (κ1) is 14.1. The van der Waals surface area contributed by atoms with Crippen molar-refractivity contribution in [3.63, 3.8) is 0 Å². The van der Waals surface area contributed by atoms with Crippen molar-refractivity contribution < 1.29 is 17.9 Å². The van der Waals surface area contributed by atoms with Gasteiger partial charge in [-0.05, 0) is 17.7 Å². The van der Waals surface area contributed by atoms with Crippen molar-refractivity contribution >= 4 is 21.9 Å². The molecular formula is C12H13N3O4S. The third kappa shape index (κ3) is 3.58. The normalized spacial score (nSPS) is 11.1. The molecule has 0 radical (unpaired) electrons. The molecule has 0 saturated heterocycles. The van der Waals surface area contributed by atoms with Crippen LogP contribution < -0.4 is 4.72 Å². The largest absolute Gasteiger partial charge is 0.465 e. The van der Waals surface area contributed by atoms with Crippen molar-refractivity contribution in [2.75, 3.05) is 11.8 Å². The van der Waals surface area contributed by atoms with Gasteiger partial charge in [0, 0.05) is 12.4 Å². The second-order valence-corrected chi connectivity index (χ2v) is 5.71. The Bertz CT molecular complexity index is 695. The summed E-state index contributed by atoms with van der Waals surface area (Å²) in [6, 6.07) is 6.26. The topological polar surface area (TPSA) is 101 Å². The summed E-state index contributed by atoms with van der Waals surface area (Å²) in [7, 11) is -2.33. The maximum atomic E-state index is 11.9. The molecule has 106 valence electrons. The number of benzene rings is 1. The molecule has 2 N–H and O–H groups in total. The van der Waals surface area contributed by atoms with E-state index in [2.05, 4.69) is 19.4 Å². The quantitative estimate of drug-likeness (QED) is 0.805. The summed E-state index contributed by atoms with van der Waals surface area (Å²) in [4.78, 5) is 17.8. The van der Waals surface area contributed by atoms with Gasteiger partial charge in [-0.15, -0.1) is 0 Å². The van der Waals surface area contributed by atoms with E-state index in [0.29, 0.717) is 11.1 Å². The molecule has 8 heteroatoms. The average Bonchev–Trinajstić information content (AvgIpc) is 2.89. The molecule has 0 saturated carbocycles. The first-order valence-electron chi connectivity index (χ1n) is 5.67. The lowest BCUT2D eigenvalue weighted by atomic mass is 10.1. The van der Waals surface area contributed by atoms with Gasteiger partial charge in [-0.25, -0.2) is 18.2 Å². The molecule has 0 aliphatic heterocycles. The van der Waals surface area contributed by atoms with Crippen LogP contribution in [-0.2, 0) is 20.5 Å². The molecule has 0 spiro atoms. The molecule has 0 fully saturated rings. The van der Waals surface area contributed by atoms with Crippen molar-refractivity contribution in [1.82, 2.24) is 9.97 Å². The van der Waals surface area contributed by atoms with E-state index in [-0.39, 0.29) is 11.7 Å². The summed E-state index contributed by atoms with van der Waals surface area (Å²) < 4.78 is 30.7. The molecule has 0 aliphatic carbocycles. The minimum atomic E-state index is -3.60. The van der Waals surface area contributed by atoms with Crippen LogP contribution in [0.4, 0.5) is 5.95 Å². The summed E-state index contributed by atoms with van der Waals surface area (Å²) >= 11 is 0. The summed E-state index contributed by atoms with van der Waals surface area (Å²) in [5.74, 6) is -0.629. The summed E-state index contributed by atoms with van der Waals surface area (Å²) in [5, 5.41) is 0. The third-order valence-corrected chi connectivity index (χ3v) is 3.67. The van der Waals surface area contributed by atoms with E-state index in [1.807, 2.05) is 0 Å². The Labute approximate surface area is 116 Å². The van der Waals surface area contributed by atoms with E-state index in [4.69, 9.17) is 0 Å². The monoisotopic (exact) mass is 295 g/mol. The Hall–Kier alpha value is -2.35. The Morgan fingerprint density at radius 1 is 1.45 bits per heavy atom. The van der Waals surface area contributed by atoms with Gasteiger partial charge in [0.2, 0.25) is 16.0 Å². The van der Waals surface area contributed by atoms with E-state index in [9.17, 15) is 13.2 Å². The van der Waals surface area contributed by atoms with Crippen molar-refractivity contribution in [2.24, 2.45) is 0 Å². The number of methoxy groups -OCH3 is 1. The zero-order valence-electron chi connectivity index (χ0n) is 10.7. The summed E-state index contributed by atoms with van der Waals surface area (Å²) in [6.07, 6.45) is 2.95. The molecule has 0 atom stereocenters. The van der Waals surface area contributed by atoms with E-state index in [1.165, 1.54) is 25.6 Å². The number of H-pyrrole nitrogens is 1. The van der Waals surface area contributed by atoms with Gasteiger partial charge < -0.3 is 9.72 Å². The Morgan fingerprint density at radius 3 is 2.90 bits per heavy atom. The molecule has 2 rings (SSSR count). The van der Waals surface area contributed by atoms with Crippen molar-refractivity contribution in [1.29, 1.82) is 0 Å². The molecule has 0 bridgehead atoms. The van der Waals surface area contributed by atoms with E-state index in [1.54, 1.807) is 18.2 Å². The second-order valence-electron chi connectivity index (χ2n) is 3.99. The number of anilines is 1. The van der Waals surface area contributed by atoms with Crippen LogP contribution in [-0.4, -0.2) is 31.5 Å². The SMILES string of the molecule is COC(=O)c1cccc(CS(=O)(=O)Nc2ncc[nH]2)c1. The number of hydrogen-bond donors (Lipinski definition) is 2. The zero-order valence-corrected chi connectivity index (χ0v) is 11.5. The highest BCUT2D eigenvalue weighted by Gasteiger charge is 2.14.